The Hall–Kier alpha value is -0.910. The van der Waals surface area contributed by atoms with Crippen LogP contribution in [0.2, 0.25) is 10.0 Å². The van der Waals surface area contributed by atoms with Crippen LogP contribution in [0.1, 0.15) is 11.6 Å². The standard InChI is InChI=1S/C14H9BrCl2F3N/c15-9-6-10(16)12(11(17)7-9)21-13(14(18,19)20)8-4-2-1-3-5-8/h1-7,13,21H. The third-order valence-corrected chi connectivity index (χ3v) is 3.81. The maximum Gasteiger partial charge on any atom is 0.412 e. The van der Waals surface area contributed by atoms with Gasteiger partial charge in [0.2, 0.25) is 0 Å². The molecule has 0 heterocycles. The first-order valence-electron chi connectivity index (χ1n) is 5.82. The SMILES string of the molecule is FC(F)(F)C(Nc1c(Cl)cc(Br)cc1Cl)c1ccccc1. The average molecular weight is 399 g/mol. The summed E-state index contributed by atoms with van der Waals surface area (Å²) in [5.41, 5.74) is 0.132. The monoisotopic (exact) mass is 397 g/mol. The van der Waals surface area contributed by atoms with E-state index in [-0.39, 0.29) is 21.3 Å². The molecule has 0 amide bonds. The molecule has 0 saturated heterocycles. The largest absolute Gasteiger partial charge is 0.412 e. The van der Waals surface area contributed by atoms with Gasteiger partial charge in [-0.2, -0.15) is 13.2 Å². The van der Waals surface area contributed by atoms with Crippen molar-refractivity contribution in [3.05, 3.63) is 62.5 Å². The zero-order chi connectivity index (χ0) is 15.6. The van der Waals surface area contributed by atoms with E-state index >= 15 is 0 Å². The molecule has 0 aromatic heterocycles. The quantitative estimate of drug-likeness (QED) is 0.624. The molecule has 0 fully saturated rings. The Morgan fingerprint density at radius 2 is 1.52 bits per heavy atom. The number of alkyl halides is 3. The second kappa shape index (κ2) is 6.46. The summed E-state index contributed by atoms with van der Waals surface area (Å²) in [4.78, 5) is 0. The lowest BCUT2D eigenvalue weighted by Crippen LogP contribution is -2.28. The van der Waals surface area contributed by atoms with Gasteiger partial charge in [0.1, 0.15) is 6.04 Å². The molecule has 7 heteroatoms. The first-order valence-corrected chi connectivity index (χ1v) is 7.36. The summed E-state index contributed by atoms with van der Waals surface area (Å²) in [5, 5.41) is 2.61. The smallest absolute Gasteiger partial charge is 0.368 e. The van der Waals surface area contributed by atoms with Gasteiger partial charge in [-0.1, -0.05) is 69.5 Å². The van der Waals surface area contributed by atoms with Crippen LogP contribution in [0.15, 0.2) is 46.9 Å². The van der Waals surface area contributed by atoms with E-state index in [9.17, 15) is 13.2 Å². The Bertz CT molecular complexity index is 609. The molecule has 0 spiro atoms. The maximum atomic E-state index is 13.3. The van der Waals surface area contributed by atoms with Gasteiger partial charge in [0.15, 0.2) is 0 Å². The predicted molar refractivity (Wildman–Crippen MR) is 83.0 cm³/mol. The molecule has 0 aliphatic carbocycles. The number of nitrogens with one attached hydrogen (secondary N) is 1. The third kappa shape index (κ3) is 4.05. The lowest BCUT2D eigenvalue weighted by Gasteiger charge is -2.24. The summed E-state index contributed by atoms with van der Waals surface area (Å²) in [5.74, 6) is 0. The van der Waals surface area contributed by atoms with Crippen LogP contribution in [0.25, 0.3) is 0 Å². The molecule has 1 unspecified atom stereocenters. The fourth-order valence-electron chi connectivity index (χ4n) is 1.82. The molecule has 0 aliphatic heterocycles. The normalized spacial score (nSPS) is 13.0. The molecule has 112 valence electrons. The van der Waals surface area contributed by atoms with Crippen molar-refractivity contribution in [2.24, 2.45) is 0 Å². The van der Waals surface area contributed by atoms with E-state index in [1.807, 2.05) is 0 Å². The van der Waals surface area contributed by atoms with Gasteiger partial charge in [0, 0.05) is 4.47 Å². The topological polar surface area (TPSA) is 12.0 Å². The number of anilines is 1. The van der Waals surface area contributed by atoms with Crippen LogP contribution in [0.3, 0.4) is 0 Å². The molecule has 0 radical (unpaired) electrons. The molecular formula is C14H9BrCl2F3N. The van der Waals surface area contributed by atoms with Gasteiger partial charge in [0.05, 0.1) is 15.7 Å². The van der Waals surface area contributed by atoms with Gasteiger partial charge in [-0.3, -0.25) is 0 Å². The minimum absolute atomic E-state index is 0.0488. The lowest BCUT2D eigenvalue weighted by molar-refractivity contribution is -0.144. The fourth-order valence-corrected chi connectivity index (χ4v) is 3.14. The number of hydrogen-bond donors (Lipinski definition) is 1. The molecule has 2 rings (SSSR count). The van der Waals surface area contributed by atoms with Crippen molar-refractivity contribution in [1.29, 1.82) is 0 Å². The first kappa shape index (κ1) is 16.5. The highest BCUT2D eigenvalue weighted by Gasteiger charge is 2.41. The number of hydrogen-bond acceptors (Lipinski definition) is 1. The first-order chi connectivity index (χ1) is 9.79. The van der Waals surface area contributed by atoms with Crippen LogP contribution in [0.4, 0.5) is 18.9 Å². The highest BCUT2D eigenvalue weighted by Crippen LogP contribution is 2.41. The summed E-state index contributed by atoms with van der Waals surface area (Å²) in [6.07, 6.45) is -4.49. The molecule has 21 heavy (non-hydrogen) atoms. The van der Waals surface area contributed by atoms with Crippen molar-refractivity contribution in [3.63, 3.8) is 0 Å². The highest BCUT2D eigenvalue weighted by atomic mass is 79.9. The summed E-state index contributed by atoms with van der Waals surface area (Å²) in [6, 6.07) is 8.59. The molecular weight excluding hydrogens is 390 g/mol. The van der Waals surface area contributed by atoms with Crippen molar-refractivity contribution in [3.8, 4) is 0 Å². The Kier molecular flexibility index (Phi) is 5.07. The molecule has 0 bridgehead atoms. The van der Waals surface area contributed by atoms with Gasteiger partial charge >= 0.3 is 6.18 Å². The number of benzene rings is 2. The summed E-state index contributed by atoms with van der Waals surface area (Å²) >= 11 is 15.1. The Morgan fingerprint density at radius 3 is 2.00 bits per heavy atom. The van der Waals surface area contributed by atoms with Crippen molar-refractivity contribution in [2.75, 3.05) is 5.32 Å². The van der Waals surface area contributed by atoms with Crippen LogP contribution < -0.4 is 5.32 Å². The van der Waals surface area contributed by atoms with Crippen LogP contribution in [-0.4, -0.2) is 6.18 Å². The number of halogens is 6. The maximum absolute atomic E-state index is 13.3. The average Bonchev–Trinajstić information content (AvgIpc) is 2.37. The minimum atomic E-state index is -4.49. The second-order valence-electron chi connectivity index (χ2n) is 4.27. The van der Waals surface area contributed by atoms with E-state index in [2.05, 4.69) is 21.2 Å². The van der Waals surface area contributed by atoms with E-state index in [4.69, 9.17) is 23.2 Å². The van der Waals surface area contributed by atoms with Crippen LogP contribution in [0, 0.1) is 0 Å². The second-order valence-corrected chi connectivity index (χ2v) is 6.00. The molecule has 0 saturated carbocycles. The van der Waals surface area contributed by atoms with Crippen molar-refractivity contribution < 1.29 is 13.2 Å². The summed E-state index contributed by atoms with van der Waals surface area (Å²) in [6.45, 7) is 0. The van der Waals surface area contributed by atoms with E-state index in [0.29, 0.717) is 4.47 Å². The summed E-state index contributed by atoms with van der Waals surface area (Å²) in [7, 11) is 0. The Labute approximate surface area is 138 Å². The van der Waals surface area contributed by atoms with Crippen LogP contribution >= 0.6 is 39.1 Å². The molecule has 1 nitrogen and oxygen atoms in total. The third-order valence-electron chi connectivity index (χ3n) is 2.76. The van der Waals surface area contributed by atoms with Gasteiger partial charge < -0.3 is 5.32 Å². The minimum Gasteiger partial charge on any atom is -0.368 e. The lowest BCUT2D eigenvalue weighted by atomic mass is 10.1. The molecule has 2 aromatic rings. The Balaban J connectivity index is 2.42. The zero-order valence-corrected chi connectivity index (χ0v) is 13.5. The van der Waals surface area contributed by atoms with Gasteiger partial charge in [0.25, 0.3) is 0 Å². The molecule has 1 N–H and O–H groups in total. The zero-order valence-electron chi connectivity index (χ0n) is 10.4. The van der Waals surface area contributed by atoms with E-state index < -0.39 is 12.2 Å². The predicted octanol–water partition coefficient (Wildman–Crippen LogP) is 6.47. The van der Waals surface area contributed by atoms with Crippen LogP contribution in [-0.2, 0) is 0 Å². The van der Waals surface area contributed by atoms with E-state index in [0.717, 1.165) is 0 Å². The van der Waals surface area contributed by atoms with E-state index in [1.54, 1.807) is 18.2 Å². The van der Waals surface area contributed by atoms with E-state index in [1.165, 1.54) is 24.3 Å². The van der Waals surface area contributed by atoms with Crippen molar-refractivity contribution in [2.45, 2.75) is 12.2 Å². The number of rotatable bonds is 3. The van der Waals surface area contributed by atoms with Gasteiger partial charge in [-0.05, 0) is 17.7 Å². The molecule has 0 aliphatic rings. The fraction of sp³-hybridized carbons (Fsp3) is 0.143. The van der Waals surface area contributed by atoms with Crippen molar-refractivity contribution in [1.82, 2.24) is 0 Å². The van der Waals surface area contributed by atoms with Gasteiger partial charge in [-0.15, -0.1) is 0 Å². The van der Waals surface area contributed by atoms with Crippen LogP contribution in [0.5, 0.6) is 0 Å². The summed E-state index contributed by atoms with van der Waals surface area (Å²) < 4.78 is 40.4. The Morgan fingerprint density at radius 1 is 1.00 bits per heavy atom. The molecule has 2 aromatic carbocycles. The molecule has 1 atom stereocenters. The van der Waals surface area contributed by atoms with Crippen molar-refractivity contribution >= 4 is 44.8 Å². The highest BCUT2D eigenvalue weighted by molar-refractivity contribution is 9.10. The van der Waals surface area contributed by atoms with Gasteiger partial charge in [-0.25, -0.2) is 0 Å².